The molecule has 144 valence electrons. The molecule has 2 rings (SSSR count). The molecule has 0 aliphatic carbocycles. The third kappa shape index (κ3) is 6.29. The first-order chi connectivity index (χ1) is 13.0. The van der Waals surface area contributed by atoms with Crippen molar-refractivity contribution in [2.75, 3.05) is 32.1 Å². The number of carbonyl (C=O) groups excluding carboxylic acids is 2. The molecule has 0 atom stereocenters. The van der Waals surface area contributed by atoms with Crippen LogP contribution in [0.15, 0.2) is 48.5 Å². The second kappa shape index (κ2) is 10.2. The van der Waals surface area contributed by atoms with Crippen molar-refractivity contribution >= 4 is 17.5 Å². The van der Waals surface area contributed by atoms with Gasteiger partial charge in [-0.3, -0.25) is 9.59 Å². The van der Waals surface area contributed by atoms with Crippen molar-refractivity contribution < 1.29 is 23.5 Å². The lowest BCUT2D eigenvalue weighted by Gasteiger charge is -2.20. The summed E-state index contributed by atoms with van der Waals surface area (Å²) < 4.78 is 23.9. The van der Waals surface area contributed by atoms with Crippen molar-refractivity contribution in [3.8, 4) is 11.5 Å². The van der Waals surface area contributed by atoms with Crippen LogP contribution in [0.4, 0.5) is 10.1 Å². The number of amides is 2. The average molecular weight is 374 g/mol. The Labute approximate surface area is 157 Å². The van der Waals surface area contributed by atoms with E-state index in [4.69, 9.17) is 9.47 Å². The Hall–Kier alpha value is -3.09. The number of hydrogen-bond donors (Lipinski definition) is 1. The van der Waals surface area contributed by atoms with Crippen molar-refractivity contribution in [2.24, 2.45) is 0 Å². The third-order valence-corrected chi connectivity index (χ3v) is 3.83. The Morgan fingerprint density at radius 2 is 1.93 bits per heavy atom. The molecule has 1 N–H and O–H groups in total. The zero-order chi connectivity index (χ0) is 19.6. The fraction of sp³-hybridized carbons (Fsp3) is 0.300. The van der Waals surface area contributed by atoms with Crippen LogP contribution < -0.4 is 14.8 Å². The fourth-order valence-corrected chi connectivity index (χ4v) is 2.42. The van der Waals surface area contributed by atoms with E-state index in [2.05, 4.69) is 5.32 Å². The van der Waals surface area contributed by atoms with E-state index in [0.717, 1.165) is 0 Å². The summed E-state index contributed by atoms with van der Waals surface area (Å²) in [5.41, 5.74) is 0.589. The molecule has 0 bridgehead atoms. The van der Waals surface area contributed by atoms with Crippen LogP contribution in [-0.2, 0) is 9.59 Å². The van der Waals surface area contributed by atoms with E-state index in [9.17, 15) is 14.0 Å². The van der Waals surface area contributed by atoms with E-state index in [1.165, 1.54) is 17.0 Å². The molecule has 2 amide bonds. The van der Waals surface area contributed by atoms with Gasteiger partial charge in [-0.25, -0.2) is 4.39 Å². The summed E-state index contributed by atoms with van der Waals surface area (Å²) in [6.45, 7) is 2.12. The smallest absolute Gasteiger partial charge is 0.243 e. The molecule has 2 aromatic rings. The van der Waals surface area contributed by atoms with Gasteiger partial charge in [0, 0.05) is 18.3 Å². The number of ether oxygens (including phenoxy) is 2. The molecule has 0 radical (unpaired) electrons. The predicted molar refractivity (Wildman–Crippen MR) is 100 cm³/mol. The minimum Gasteiger partial charge on any atom is -0.497 e. The maximum Gasteiger partial charge on any atom is 0.243 e. The normalized spacial score (nSPS) is 10.2. The number of methoxy groups -OCH3 is 1. The first-order valence-electron chi connectivity index (χ1n) is 8.62. The molecule has 27 heavy (non-hydrogen) atoms. The van der Waals surface area contributed by atoms with E-state index in [1.807, 2.05) is 0 Å². The molecule has 0 aliphatic rings. The van der Waals surface area contributed by atoms with E-state index in [1.54, 1.807) is 50.4 Å². The molecule has 2 aromatic carbocycles. The first-order valence-corrected chi connectivity index (χ1v) is 8.62. The topological polar surface area (TPSA) is 67.9 Å². The molecular weight excluding hydrogens is 351 g/mol. The summed E-state index contributed by atoms with van der Waals surface area (Å²) in [4.78, 5) is 25.9. The van der Waals surface area contributed by atoms with Gasteiger partial charge < -0.3 is 19.7 Å². The van der Waals surface area contributed by atoms with Crippen LogP contribution in [0.25, 0.3) is 0 Å². The highest BCUT2D eigenvalue weighted by atomic mass is 19.1. The summed E-state index contributed by atoms with van der Waals surface area (Å²) in [6.07, 6.45) is 0.0502. The number of benzene rings is 2. The monoisotopic (exact) mass is 374 g/mol. The van der Waals surface area contributed by atoms with Gasteiger partial charge in [-0.15, -0.1) is 0 Å². The lowest BCUT2D eigenvalue weighted by molar-refractivity contribution is -0.134. The van der Waals surface area contributed by atoms with E-state index < -0.39 is 5.82 Å². The van der Waals surface area contributed by atoms with Crippen LogP contribution in [-0.4, -0.2) is 43.5 Å². The van der Waals surface area contributed by atoms with Crippen molar-refractivity contribution in [3.05, 3.63) is 54.3 Å². The molecule has 0 aliphatic heterocycles. The maximum absolute atomic E-state index is 13.5. The number of nitrogens with zero attached hydrogens (tertiary/aromatic N) is 1. The average Bonchev–Trinajstić information content (AvgIpc) is 2.67. The second-order valence-electron chi connectivity index (χ2n) is 5.72. The van der Waals surface area contributed by atoms with E-state index in [0.29, 0.717) is 18.0 Å². The summed E-state index contributed by atoms with van der Waals surface area (Å²) in [5.74, 6) is -0.302. The summed E-state index contributed by atoms with van der Waals surface area (Å²) >= 11 is 0. The van der Waals surface area contributed by atoms with Crippen molar-refractivity contribution in [1.82, 2.24) is 4.90 Å². The first kappa shape index (κ1) is 20.2. The van der Waals surface area contributed by atoms with Crippen LogP contribution in [0.2, 0.25) is 0 Å². The standard InChI is InChI=1S/C20H23FN2O4/c1-3-23(14-19(24)22-15-7-6-8-16(13-15)26-2)20(25)11-12-27-18-10-5-4-9-17(18)21/h4-10,13H,3,11-12,14H2,1-2H3,(H,22,24). The molecule has 0 heterocycles. The van der Waals surface area contributed by atoms with Gasteiger partial charge in [0.1, 0.15) is 5.75 Å². The number of anilines is 1. The Kier molecular flexibility index (Phi) is 7.61. The fourth-order valence-electron chi connectivity index (χ4n) is 2.42. The molecule has 0 spiro atoms. The summed E-state index contributed by atoms with van der Waals surface area (Å²) in [5, 5.41) is 2.73. The zero-order valence-corrected chi connectivity index (χ0v) is 15.4. The van der Waals surface area contributed by atoms with Gasteiger partial charge in [-0.05, 0) is 31.2 Å². The zero-order valence-electron chi connectivity index (χ0n) is 15.4. The minimum atomic E-state index is -0.477. The van der Waals surface area contributed by atoms with Gasteiger partial charge in [-0.1, -0.05) is 18.2 Å². The minimum absolute atomic E-state index is 0.0355. The van der Waals surface area contributed by atoms with Gasteiger partial charge in [-0.2, -0.15) is 0 Å². The number of para-hydroxylation sites is 1. The van der Waals surface area contributed by atoms with Crippen LogP contribution in [0, 0.1) is 5.82 Å². The highest BCUT2D eigenvalue weighted by Crippen LogP contribution is 2.17. The Morgan fingerprint density at radius 1 is 1.15 bits per heavy atom. The highest BCUT2D eigenvalue weighted by molar-refractivity contribution is 5.94. The van der Waals surface area contributed by atoms with Crippen LogP contribution >= 0.6 is 0 Å². The number of carbonyl (C=O) groups is 2. The molecule has 0 saturated carbocycles. The van der Waals surface area contributed by atoms with Crippen LogP contribution in [0.1, 0.15) is 13.3 Å². The van der Waals surface area contributed by atoms with Gasteiger partial charge in [0.05, 0.1) is 26.7 Å². The predicted octanol–water partition coefficient (Wildman–Crippen LogP) is 3.09. The van der Waals surface area contributed by atoms with Crippen molar-refractivity contribution in [3.63, 3.8) is 0 Å². The number of likely N-dealkylation sites (N-methyl/N-ethyl adjacent to an activating group) is 1. The summed E-state index contributed by atoms with van der Waals surface area (Å²) in [7, 11) is 1.54. The number of rotatable bonds is 9. The summed E-state index contributed by atoms with van der Waals surface area (Å²) in [6, 6.07) is 13.0. The number of hydrogen-bond acceptors (Lipinski definition) is 4. The van der Waals surface area contributed by atoms with Crippen LogP contribution in [0.3, 0.4) is 0 Å². The molecule has 0 fully saturated rings. The maximum atomic E-state index is 13.5. The quantitative estimate of drug-likeness (QED) is 0.732. The Morgan fingerprint density at radius 3 is 2.63 bits per heavy atom. The van der Waals surface area contributed by atoms with Crippen LogP contribution in [0.5, 0.6) is 11.5 Å². The molecule has 0 saturated heterocycles. The number of nitrogens with one attached hydrogen (secondary N) is 1. The lowest BCUT2D eigenvalue weighted by Crippen LogP contribution is -2.38. The van der Waals surface area contributed by atoms with Gasteiger partial charge in [0.25, 0.3) is 0 Å². The highest BCUT2D eigenvalue weighted by Gasteiger charge is 2.16. The Balaban J connectivity index is 1.83. The van der Waals surface area contributed by atoms with E-state index in [-0.39, 0.29) is 37.1 Å². The van der Waals surface area contributed by atoms with Crippen molar-refractivity contribution in [2.45, 2.75) is 13.3 Å². The van der Waals surface area contributed by atoms with Gasteiger partial charge in [0.15, 0.2) is 11.6 Å². The molecular formula is C20H23FN2O4. The van der Waals surface area contributed by atoms with Crippen molar-refractivity contribution in [1.29, 1.82) is 0 Å². The largest absolute Gasteiger partial charge is 0.497 e. The lowest BCUT2D eigenvalue weighted by atomic mass is 10.3. The SMILES string of the molecule is CCN(CC(=O)Nc1cccc(OC)c1)C(=O)CCOc1ccccc1F. The third-order valence-electron chi connectivity index (χ3n) is 3.83. The number of halogens is 1. The molecule has 6 nitrogen and oxygen atoms in total. The molecule has 7 heteroatoms. The Bertz CT molecular complexity index is 782. The van der Waals surface area contributed by atoms with Gasteiger partial charge in [0.2, 0.25) is 11.8 Å². The second-order valence-corrected chi connectivity index (χ2v) is 5.72. The molecule has 0 unspecified atom stereocenters. The van der Waals surface area contributed by atoms with Gasteiger partial charge >= 0.3 is 0 Å². The van der Waals surface area contributed by atoms with E-state index >= 15 is 0 Å². The molecule has 0 aromatic heterocycles.